The molecule has 0 bridgehead atoms. The number of rotatable bonds is 3. The van der Waals surface area contributed by atoms with E-state index in [-0.39, 0.29) is 11.6 Å². The Morgan fingerprint density at radius 3 is 2.60 bits per heavy atom. The Bertz CT molecular complexity index is 792. The number of fused-ring (bicyclic) bond motifs is 1. The molecular weight excluding hydrogens is 275 g/mol. The second kappa shape index (κ2) is 5.06. The Hall–Kier alpha value is -2.20. The predicted octanol–water partition coefficient (Wildman–Crippen LogP) is 4.28. The molecule has 3 rings (SSSR count). The molecule has 0 saturated heterocycles. The maximum atomic E-state index is 13.8. The van der Waals surface area contributed by atoms with E-state index in [4.69, 9.17) is 4.74 Å². The average Bonchev–Trinajstić information content (AvgIpc) is 2.96. The minimum atomic E-state index is -0.324. The third-order valence-corrected chi connectivity index (χ3v) is 4.07. The molecule has 3 aromatic rings. The van der Waals surface area contributed by atoms with Gasteiger partial charge in [0.25, 0.3) is 0 Å². The molecule has 2 aromatic carbocycles. The molecule has 0 aliphatic heterocycles. The van der Waals surface area contributed by atoms with Gasteiger partial charge in [-0.2, -0.15) is 0 Å². The van der Waals surface area contributed by atoms with Gasteiger partial charge in [0.05, 0.1) is 7.11 Å². The Labute approximate surface area is 119 Å². The van der Waals surface area contributed by atoms with Gasteiger partial charge >= 0.3 is 0 Å². The summed E-state index contributed by atoms with van der Waals surface area (Å²) in [5.41, 5.74) is 0.489. The molecule has 20 heavy (non-hydrogen) atoms. The van der Waals surface area contributed by atoms with Crippen LogP contribution in [0, 0.1) is 5.82 Å². The Kier molecular flexibility index (Phi) is 3.24. The summed E-state index contributed by atoms with van der Waals surface area (Å²) in [6.45, 7) is 0. The summed E-state index contributed by atoms with van der Waals surface area (Å²) < 4.78 is 19.0. The van der Waals surface area contributed by atoms with Gasteiger partial charge in [-0.1, -0.05) is 24.3 Å². The summed E-state index contributed by atoms with van der Waals surface area (Å²) in [6, 6.07) is 11.6. The van der Waals surface area contributed by atoms with E-state index in [1.807, 2.05) is 0 Å². The van der Waals surface area contributed by atoms with Crippen molar-refractivity contribution in [1.29, 1.82) is 0 Å². The van der Waals surface area contributed by atoms with Crippen molar-refractivity contribution < 1.29 is 13.9 Å². The number of hydrogen-bond donors (Lipinski definition) is 0. The van der Waals surface area contributed by atoms with Crippen LogP contribution >= 0.6 is 11.3 Å². The second-order valence-electron chi connectivity index (χ2n) is 4.29. The largest absolute Gasteiger partial charge is 0.495 e. The van der Waals surface area contributed by atoms with Crippen molar-refractivity contribution >= 4 is 27.9 Å². The lowest BCUT2D eigenvalue weighted by molar-refractivity contribution is 0.104. The maximum Gasteiger partial charge on any atom is 0.207 e. The minimum absolute atomic E-state index is 0.145. The van der Waals surface area contributed by atoms with E-state index in [1.165, 1.54) is 30.6 Å². The SMILES string of the molecule is COc1ccsc1C(=O)c1ccc(F)c2ccccc12. The van der Waals surface area contributed by atoms with Crippen LogP contribution in [0.15, 0.2) is 47.8 Å². The molecule has 0 atom stereocenters. The molecular formula is C16H11FO2S. The lowest BCUT2D eigenvalue weighted by Gasteiger charge is -2.07. The van der Waals surface area contributed by atoms with Crippen LogP contribution in [-0.2, 0) is 0 Å². The number of halogens is 1. The Balaban J connectivity index is 2.20. The van der Waals surface area contributed by atoms with Gasteiger partial charge in [0, 0.05) is 10.9 Å². The third kappa shape index (κ3) is 1.98. The number of methoxy groups -OCH3 is 1. The van der Waals surface area contributed by atoms with E-state index in [0.717, 1.165) is 0 Å². The molecule has 4 heteroatoms. The molecule has 100 valence electrons. The van der Waals surface area contributed by atoms with Crippen molar-refractivity contribution in [2.24, 2.45) is 0 Å². The highest BCUT2D eigenvalue weighted by Crippen LogP contribution is 2.30. The summed E-state index contributed by atoms with van der Waals surface area (Å²) in [7, 11) is 1.53. The first-order valence-corrected chi connectivity index (χ1v) is 6.94. The molecule has 0 fully saturated rings. The number of carbonyl (C=O) groups excluding carboxylic acids is 1. The Morgan fingerprint density at radius 2 is 1.85 bits per heavy atom. The summed E-state index contributed by atoms with van der Waals surface area (Å²) >= 11 is 1.32. The van der Waals surface area contributed by atoms with Crippen LogP contribution in [0.4, 0.5) is 4.39 Å². The predicted molar refractivity (Wildman–Crippen MR) is 78.2 cm³/mol. The lowest BCUT2D eigenvalue weighted by atomic mass is 10.00. The summed E-state index contributed by atoms with van der Waals surface area (Å²) in [5.74, 6) is 0.0803. The van der Waals surface area contributed by atoms with Gasteiger partial charge in [0.2, 0.25) is 5.78 Å². The van der Waals surface area contributed by atoms with Crippen LogP contribution in [-0.4, -0.2) is 12.9 Å². The highest BCUT2D eigenvalue weighted by Gasteiger charge is 2.19. The van der Waals surface area contributed by atoms with Crippen molar-refractivity contribution in [1.82, 2.24) is 0 Å². The molecule has 1 aromatic heterocycles. The van der Waals surface area contributed by atoms with Gasteiger partial charge in [-0.3, -0.25) is 4.79 Å². The molecule has 0 unspecified atom stereocenters. The first-order chi connectivity index (χ1) is 9.72. The van der Waals surface area contributed by atoms with Crippen molar-refractivity contribution in [3.05, 3.63) is 64.1 Å². The number of hydrogen-bond acceptors (Lipinski definition) is 3. The first kappa shape index (κ1) is 12.8. The zero-order chi connectivity index (χ0) is 14.1. The van der Waals surface area contributed by atoms with Gasteiger partial charge in [-0.25, -0.2) is 4.39 Å². The molecule has 0 spiro atoms. The zero-order valence-electron chi connectivity index (χ0n) is 10.7. The normalized spacial score (nSPS) is 10.7. The standard InChI is InChI=1S/C16H11FO2S/c1-19-14-8-9-20-16(14)15(18)12-6-7-13(17)11-5-3-2-4-10(11)12/h2-9H,1H3. The monoisotopic (exact) mass is 286 g/mol. The molecule has 0 aliphatic carbocycles. The molecule has 0 radical (unpaired) electrons. The number of thiophene rings is 1. The molecule has 0 amide bonds. The van der Waals surface area contributed by atoms with Crippen molar-refractivity contribution in [3.8, 4) is 5.75 Å². The zero-order valence-corrected chi connectivity index (χ0v) is 11.5. The van der Waals surface area contributed by atoms with Crippen molar-refractivity contribution in [2.75, 3.05) is 7.11 Å². The van der Waals surface area contributed by atoms with Crippen molar-refractivity contribution in [3.63, 3.8) is 0 Å². The smallest absolute Gasteiger partial charge is 0.207 e. The topological polar surface area (TPSA) is 26.3 Å². The fourth-order valence-corrected chi connectivity index (χ4v) is 3.02. The van der Waals surface area contributed by atoms with E-state index in [1.54, 1.807) is 35.7 Å². The van der Waals surface area contributed by atoms with Gasteiger partial charge in [-0.05, 0) is 29.0 Å². The van der Waals surface area contributed by atoms with E-state index >= 15 is 0 Å². The van der Waals surface area contributed by atoms with Crippen LogP contribution in [0.1, 0.15) is 15.2 Å². The van der Waals surface area contributed by atoms with Crippen LogP contribution in [0.5, 0.6) is 5.75 Å². The third-order valence-electron chi connectivity index (χ3n) is 3.17. The van der Waals surface area contributed by atoms with Crippen molar-refractivity contribution in [2.45, 2.75) is 0 Å². The summed E-state index contributed by atoms with van der Waals surface area (Å²) in [6.07, 6.45) is 0. The molecule has 1 heterocycles. The van der Waals surface area contributed by atoms with Gasteiger partial charge < -0.3 is 4.74 Å². The van der Waals surface area contributed by atoms with Crippen LogP contribution < -0.4 is 4.74 Å². The first-order valence-electron chi connectivity index (χ1n) is 6.06. The summed E-state index contributed by atoms with van der Waals surface area (Å²) in [5, 5.41) is 2.87. The van der Waals surface area contributed by atoms with Crippen LogP contribution in [0.25, 0.3) is 10.8 Å². The van der Waals surface area contributed by atoms with E-state index in [0.29, 0.717) is 27.0 Å². The van der Waals surface area contributed by atoms with E-state index in [2.05, 4.69) is 0 Å². The highest BCUT2D eigenvalue weighted by molar-refractivity contribution is 7.12. The van der Waals surface area contributed by atoms with E-state index in [9.17, 15) is 9.18 Å². The number of carbonyl (C=O) groups is 1. The number of ketones is 1. The number of benzene rings is 2. The lowest BCUT2D eigenvalue weighted by Crippen LogP contribution is -2.02. The summed E-state index contributed by atoms with van der Waals surface area (Å²) in [4.78, 5) is 13.2. The fraction of sp³-hybridized carbons (Fsp3) is 0.0625. The fourth-order valence-electron chi connectivity index (χ4n) is 2.21. The molecule has 0 N–H and O–H groups in total. The second-order valence-corrected chi connectivity index (χ2v) is 5.20. The van der Waals surface area contributed by atoms with Crippen LogP contribution in [0.3, 0.4) is 0 Å². The average molecular weight is 286 g/mol. The van der Waals surface area contributed by atoms with E-state index < -0.39 is 0 Å². The molecule has 2 nitrogen and oxygen atoms in total. The minimum Gasteiger partial charge on any atom is -0.495 e. The van der Waals surface area contributed by atoms with Gasteiger partial charge in [0.1, 0.15) is 16.4 Å². The van der Waals surface area contributed by atoms with Gasteiger partial charge in [0.15, 0.2) is 0 Å². The number of ether oxygens (including phenoxy) is 1. The molecule has 0 aliphatic rings. The maximum absolute atomic E-state index is 13.8. The quantitative estimate of drug-likeness (QED) is 0.672. The van der Waals surface area contributed by atoms with Gasteiger partial charge in [-0.15, -0.1) is 11.3 Å². The Morgan fingerprint density at radius 1 is 1.10 bits per heavy atom. The molecule has 0 saturated carbocycles. The highest BCUT2D eigenvalue weighted by atomic mass is 32.1. The van der Waals surface area contributed by atoms with Crippen LogP contribution in [0.2, 0.25) is 0 Å².